The monoisotopic (exact) mass is 325 g/mol. The maximum absolute atomic E-state index is 12.7. The fourth-order valence-electron chi connectivity index (χ4n) is 1.94. The van der Waals surface area contributed by atoms with Crippen LogP contribution in [0.5, 0.6) is 0 Å². The molecule has 1 heterocycles. The Morgan fingerprint density at radius 3 is 2.71 bits per heavy atom. The number of hydrogen-bond acceptors (Lipinski definition) is 4. The molecule has 0 unspecified atom stereocenters. The molecule has 5 nitrogen and oxygen atoms in total. The summed E-state index contributed by atoms with van der Waals surface area (Å²) >= 11 is 5.92. The number of pyridine rings is 1. The minimum absolute atomic E-state index is 0.124. The predicted octanol–water partition coefficient (Wildman–Crippen LogP) is 2.45. The smallest absolute Gasteiger partial charge is 0.243 e. The van der Waals surface area contributed by atoms with Gasteiger partial charge in [-0.2, -0.15) is 4.31 Å². The van der Waals surface area contributed by atoms with Gasteiger partial charge in [0.25, 0.3) is 0 Å². The minimum atomic E-state index is -3.67. The summed E-state index contributed by atoms with van der Waals surface area (Å²) in [7, 11) is -2.16. The van der Waals surface area contributed by atoms with Gasteiger partial charge in [0, 0.05) is 36.7 Å². The molecule has 112 valence electrons. The molecule has 1 aromatic heterocycles. The lowest BCUT2D eigenvalue weighted by molar-refractivity contribution is 0.466. The Labute approximate surface area is 129 Å². The highest BCUT2D eigenvalue weighted by atomic mass is 35.5. The van der Waals surface area contributed by atoms with E-state index in [1.165, 1.54) is 23.5 Å². The molecule has 0 radical (unpaired) electrons. The van der Waals surface area contributed by atoms with Crippen molar-refractivity contribution in [3.8, 4) is 0 Å². The summed E-state index contributed by atoms with van der Waals surface area (Å²) in [6.07, 6.45) is 3.27. The van der Waals surface area contributed by atoms with Gasteiger partial charge in [-0.15, -0.1) is 0 Å². The number of rotatable bonds is 4. The van der Waals surface area contributed by atoms with Gasteiger partial charge in [-0.25, -0.2) is 8.42 Å². The van der Waals surface area contributed by atoms with Crippen molar-refractivity contribution in [1.29, 1.82) is 0 Å². The summed E-state index contributed by atoms with van der Waals surface area (Å²) in [5.41, 5.74) is 7.45. The largest absolute Gasteiger partial charge is 0.398 e. The lowest BCUT2D eigenvalue weighted by Gasteiger charge is -2.19. The number of anilines is 1. The molecule has 2 aromatic rings. The van der Waals surface area contributed by atoms with Crippen LogP contribution in [0, 0.1) is 6.92 Å². The fraction of sp³-hybridized carbons (Fsp3) is 0.214. The van der Waals surface area contributed by atoms with Gasteiger partial charge in [0.1, 0.15) is 0 Å². The zero-order valence-corrected chi connectivity index (χ0v) is 13.3. The molecule has 0 bridgehead atoms. The Hall–Kier alpha value is -1.63. The Morgan fingerprint density at radius 1 is 1.38 bits per heavy atom. The van der Waals surface area contributed by atoms with Gasteiger partial charge in [-0.3, -0.25) is 4.98 Å². The molecule has 21 heavy (non-hydrogen) atoms. The Kier molecular flexibility index (Phi) is 4.51. The van der Waals surface area contributed by atoms with Crippen LogP contribution in [0.2, 0.25) is 5.02 Å². The van der Waals surface area contributed by atoms with Crippen molar-refractivity contribution in [1.82, 2.24) is 9.29 Å². The molecule has 7 heteroatoms. The molecule has 0 amide bonds. The number of nitrogens with two attached hydrogens (primary N) is 1. The molecular formula is C14H16ClN3O2S. The van der Waals surface area contributed by atoms with Gasteiger partial charge in [0.2, 0.25) is 10.0 Å². The summed E-state index contributed by atoms with van der Waals surface area (Å²) in [6, 6.07) is 6.54. The first kappa shape index (κ1) is 15.8. The van der Waals surface area contributed by atoms with E-state index in [0.717, 1.165) is 5.56 Å². The summed E-state index contributed by atoms with van der Waals surface area (Å²) < 4.78 is 26.6. The molecule has 0 aliphatic carbocycles. The highest BCUT2D eigenvalue weighted by Crippen LogP contribution is 2.28. The number of nitrogen functional groups attached to an aromatic ring is 1. The Balaban J connectivity index is 2.38. The number of halogens is 1. The van der Waals surface area contributed by atoms with Crippen LogP contribution in [0.25, 0.3) is 0 Å². The van der Waals surface area contributed by atoms with Crippen molar-refractivity contribution < 1.29 is 8.42 Å². The SMILES string of the molecule is Cc1c(N)cc(Cl)cc1S(=O)(=O)N(C)Cc1cccnc1. The lowest BCUT2D eigenvalue weighted by atomic mass is 10.2. The van der Waals surface area contributed by atoms with Crippen molar-refractivity contribution in [3.05, 3.63) is 52.8 Å². The summed E-state index contributed by atoms with van der Waals surface area (Å²) in [4.78, 5) is 4.10. The molecule has 2 N–H and O–H groups in total. The molecule has 0 spiro atoms. The van der Waals surface area contributed by atoms with Crippen molar-refractivity contribution in [3.63, 3.8) is 0 Å². The number of sulfonamides is 1. The third-order valence-corrected chi connectivity index (χ3v) is 5.33. The molecule has 0 saturated heterocycles. The van der Waals surface area contributed by atoms with E-state index in [-0.39, 0.29) is 11.4 Å². The highest BCUT2D eigenvalue weighted by molar-refractivity contribution is 7.89. The predicted molar refractivity (Wildman–Crippen MR) is 83.5 cm³/mol. The number of benzene rings is 1. The Morgan fingerprint density at radius 2 is 2.10 bits per heavy atom. The first-order valence-electron chi connectivity index (χ1n) is 6.23. The average Bonchev–Trinajstić information content (AvgIpc) is 2.43. The van der Waals surface area contributed by atoms with E-state index < -0.39 is 10.0 Å². The van der Waals surface area contributed by atoms with E-state index in [2.05, 4.69) is 4.98 Å². The Bertz CT molecular complexity index is 748. The highest BCUT2D eigenvalue weighted by Gasteiger charge is 2.24. The first-order valence-corrected chi connectivity index (χ1v) is 8.05. The van der Waals surface area contributed by atoms with Crippen LogP contribution < -0.4 is 5.73 Å². The van der Waals surface area contributed by atoms with E-state index in [0.29, 0.717) is 16.3 Å². The second-order valence-electron chi connectivity index (χ2n) is 4.74. The number of nitrogens with zero attached hydrogens (tertiary/aromatic N) is 2. The van der Waals surface area contributed by atoms with Crippen LogP contribution in [0.15, 0.2) is 41.6 Å². The van der Waals surface area contributed by atoms with E-state index in [4.69, 9.17) is 17.3 Å². The summed E-state index contributed by atoms with van der Waals surface area (Å²) in [6.45, 7) is 1.89. The van der Waals surface area contributed by atoms with E-state index in [1.807, 2.05) is 6.07 Å². The summed E-state index contributed by atoms with van der Waals surface area (Å²) in [5.74, 6) is 0. The van der Waals surface area contributed by atoms with Crippen LogP contribution in [0.4, 0.5) is 5.69 Å². The zero-order valence-electron chi connectivity index (χ0n) is 11.7. The van der Waals surface area contributed by atoms with E-state index in [9.17, 15) is 8.42 Å². The average molecular weight is 326 g/mol. The van der Waals surface area contributed by atoms with Gasteiger partial charge >= 0.3 is 0 Å². The maximum Gasteiger partial charge on any atom is 0.243 e. The van der Waals surface area contributed by atoms with Crippen LogP contribution >= 0.6 is 11.6 Å². The van der Waals surface area contributed by atoms with Gasteiger partial charge in [-0.1, -0.05) is 17.7 Å². The van der Waals surface area contributed by atoms with Crippen LogP contribution in [0.3, 0.4) is 0 Å². The van der Waals surface area contributed by atoms with Crippen LogP contribution in [-0.4, -0.2) is 24.8 Å². The number of hydrogen-bond donors (Lipinski definition) is 1. The van der Waals surface area contributed by atoms with Gasteiger partial charge in [-0.05, 0) is 36.2 Å². The van der Waals surface area contributed by atoms with E-state index in [1.54, 1.807) is 25.4 Å². The van der Waals surface area contributed by atoms with Crippen molar-refractivity contribution >= 4 is 27.3 Å². The quantitative estimate of drug-likeness (QED) is 0.876. The normalized spacial score (nSPS) is 11.8. The van der Waals surface area contributed by atoms with E-state index >= 15 is 0 Å². The third kappa shape index (κ3) is 3.34. The zero-order chi connectivity index (χ0) is 15.6. The van der Waals surface area contributed by atoms with Crippen molar-refractivity contribution in [2.45, 2.75) is 18.4 Å². The summed E-state index contributed by atoms with van der Waals surface area (Å²) in [5, 5.41) is 0.298. The molecule has 0 saturated carbocycles. The molecule has 0 fully saturated rings. The fourth-order valence-corrected chi connectivity index (χ4v) is 3.67. The standard InChI is InChI=1S/C14H16ClN3O2S/c1-10-13(16)6-12(15)7-14(10)21(19,20)18(2)9-11-4-3-5-17-8-11/h3-8H,9,16H2,1-2H3. The third-order valence-electron chi connectivity index (χ3n) is 3.18. The molecule has 2 rings (SSSR count). The molecule has 0 aliphatic rings. The molecule has 0 atom stereocenters. The second kappa shape index (κ2) is 6.01. The minimum Gasteiger partial charge on any atom is -0.398 e. The van der Waals surface area contributed by atoms with Crippen molar-refractivity contribution in [2.24, 2.45) is 0 Å². The second-order valence-corrected chi connectivity index (χ2v) is 7.19. The van der Waals surface area contributed by atoms with Crippen LogP contribution in [0.1, 0.15) is 11.1 Å². The topological polar surface area (TPSA) is 76.3 Å². The molecule has 0 aliphatic heterocycles. The molecule has 1 aromatic carbocycles. The van der Waals surface area contributed by atoms with Gasteiger partial charge in [0.15, 0.2) is 0 Å². The first-order chi connectivity index (χ1) is 9.82. The number of aromatic nitrogens is 1. The van der Waals surface area contributed by atoms with Gasteiger partial charge in [0.05, 0.1) is 4.90 Å². The molecular weight excluding hydrogens is 310 g/mol. The lowest BCUT2D eigenvalue weighted by Crippen LogP contribution is -2.27. The maximum atomic E-state index is 12.7. The van der Waals surface area contributed by atoms with Crippen molar-refractivity contribution in [2.75, 3.05) is 12.8 Å². The van der Waals surface area contributed by atoms with Gasteiger partial charge < -0.3 is 5.73 Å². The van der Waals surface area contributed by atoms with Crippen LogP contribution in [-0.2, 0) is 16.6 Å².